The summed E-state index contributed by atoms with van der Waals surface area (Å²) in [6.45, 7) is 7.87. The average molecular weight is 355 g/mol. The number of hydrogen-bond acceptors (Lipinski definition) is 4. The van der Waals surface area contributed by atoms with E-state index in [2.05, 4.69) is 5.32 Å². The number of anilines is 1. The van der Waals surface area contributed by atoms with Crippen molar-refractivity contribution in [2.45, 2.75) is 51.5 Å². The van der Waals surface area contributed by atoms with Crippen LogP contribution in [0, 0.1) is 5.41 Å². The second kappa shape index (κ2) is 6.93. The normalized spacial score (nSPS) is 12.7. The first-order chi connectivity index (χ1) is 10.7. The number of hydrogen-bond donors (Lipinski definition) is 2. The van der Waals surface area contributed by atoms with Gasteiger partial charge in [-0.2, -0.15) is 0 Å². The minimum atomic E-state index is -3.33. The number of carbonyl (C=O) groups excluding carboxylic acids is 1. The van der Waals surface area contributed by atoms with Crippen LogP contribution in [0.1, 0.15) is 46.6 Å². The number of sulfone groups is 1. The zero-order valence-corrected chi connectivity index (χ0v) is 15.5. The van der Waals surface area contributed by atoms with Crippen molar-refractivity contribution in [3.8, 4) is 0 Å². The number of carbonyl (C=O) groups is 2. The van der Waals surface area contributed by atoms with Crippen molar-refractivity contribution in [3.63, 3.8) is 0 Å². The fourth-order valence-corrected chi connectivity index (χ4v) is 2.91. The number of carboxylic acid groups (broad SMARTS) is 1. The highest BCUT2D eigenvalue weighted by atomic mass is 32.2. The van der Waals surface area contributed by atoms with Crippen LogP contribution in [0.25, 0.3) is 0 Å². The van der Waals surface area contributed by atoms with Crippen LogP contribution in [-0.2, 0) is 25.2 Å². The van der Waals surface area contributed by atoms with Gasteiger partial charge >= 0.3 is 5.97 Å². The SMILES string of the molecule is CC(C)(CC(=O)Nc1cccc(CS(=O)(=O)C(C)(C)C)c1)C(=O)O. The summed E-state index contributed by atoms with van der Waals surface area (Å²) in [5.41, 5.74) is -0.153. The van der Waals surface area contributed by atoms with Crippen LogP contribution in [0.2, 0.25) is 0 Å². The smallest absolute Gasteiger partial charge is 0.309 e. The monoisotopic (exact) mass is 355 g/mol. The first-order valence-corrected chi connectivity index (χ1v) is 9.24. The van der Waals surface area contributed by atoms with Crippen molar-refractivity contribution in [2.75, 3.05) is 5.32 Å². The Hall–Kier alpha value is -1.89. The molecule has 0 fully saturated rings. The molecule has 1 amide bonds. The van der Waals surface area contributed by atoms with E-state index >= 15 is 0 Å². The summed E-state index contributed by atoms with van der Waals surface area (Å²) in [7, 11) is -3.33. The van der Waals surface area contributed by atoms with Crippen molar-refractivity contribution in [1.29, 1.82) is 0 Å². The van der Waals surface area contributed by atoms with Gasteiger partial charge in [-0.3, -0.25) is 9.59 Å². The average Bonchev–Trinajstić information content (AvgIpc) is 2.35. The minimum absolute atomic E-state index is 0.124. The molecule has 0 bridgehead atoms. The molecule has 0 aromatic heterocycles. The molecule has 7 heteroatoms. The highest BCUT2D eigenvalue weighted by Crippen LogP contribution is 2.24. The lowest BCUT2D eigenvalue weighted by Crippen LogP contribution is -2.30. The molecule has 6 nitrogen and oxygen atoms in total. The molecule has 0 spiro atoms. The molecule has 2 N–H and O–H groups in total. The summed E-state index contributed by atoms with van der Waals surface area (Å²) in [6.07, 6.45) is -0.174. The second-order valence-electron chi connectivity index (χ2n) is 7.49. The van der Waals surface area contributed by atoms with Gasteiger partial charge in [0.25, 0.3) is 0 Å². The van der Waals surface area contributed by atoms with Gasteiger partial charge in [0.1, 0.15) is 0 Å². The van der Waals surface area contributed by atoms with E-state index in [1.165, 1.54) is 13.8 Å². The summed E-state index contributed by atoms with van der Waals surface area (Å²) < 4.78 is 23.7. The first kappa shape index (κ1) is 20.2. The van der Waals surface area contributed by atoms with E-state index < -0.39 is 31.9 Å². The zero-order valence-electron chi connectivity index (χ0n) is 14.7. The third-order valence-electron chi connectivity index (χ3n) is 3.68. The molecule has 0 atom stereocenters. The Bertz CT molecular complexity index is 730. The van der Waals surface area contributed by atoms with Crippen molar-refractivity contribution < 1.29 is 23.1 Å². The van der Waals surface area contributed by atoms with Gasteiger partial charge < -0.3 is 10.4 Å². The molecule has 0 aliphatic rings. The lowest BCUT2D eigenvalue weighted by Gasteiger charge is -2.20. The van der Waals surface area contributed by atoms with E-state index in [1.54, 1.807) is 45.0 Å². The van der Waals surface area contributed by atoms with Crippen LogP contribution in [-0.4, -0.2) is 30.1 Å². The largest absolute Gasteiger partial charge is 0.481 e. The number of benzene rings is 1. The molecule has 0 aliphatic heterocycles. The van der Waals surface area contributed by atoms with E-state index in [9.17, 15) is 18.0 Å². The maximum Gasteiger partial charge on any atom is 0.309 e. The molecule has 0 unspecified atom stereocenters. The van der Waals surface area contributed by atoms with E-state index in [-0.39, 0.29) is 12.2 Å². The Kier molecular flexibility index (Phi) is 5.82. The van der Waals surface area contributed by atoms with Crippen molar-refractivity contribution in [2.24, 2.45) is 5.41 Å². The number of aliphatic carboxylic acids is 1. The molecule has 134 valence electrons. The summed E-state index contributed by atoms with van der Waals surface area (Å²) in [5, 5.41) is 11.7. The Labute approximate surface area is 143 Å². The third kappa shape index (κ3) is 5.33. The number of nitrogens with one attached hydrogen (secondary N) is 1. The van der Waals surface area contributed by atoms with Crippen LogP contribution < -0.4 is 5.32 Å². The standard InChI is InChI=1S/C17H25NO5S/c1-16(2,3)24(22,23)11-12-7-6-8-13(9-12)18-14(19)10-17(4,5)15(20)21/h6-9H,10-11H2,1-5H3,(H,18,19)(H,20,21). The summed E-state index contributed by atoms with van der Waals surface area (Å²) in [4.78, 5) is 23.1. The molecular formula is C17H25NO5S. The van der Waals surface area contributed by atoms with Crippen molar-refractivity contribution in [1.82, 2.24) is 0 Å². The number of rotatable bonds is 6. The number of amides is 1. The molecule has 1 rings (SSSR count). The Morgan fingerprint density at radius 3 is 2.21 bits per heavy atom. The van der Waals surface area contributed by atoms with E-state index in [4.69, 9.17) is 5.11 Å². The van der Waals surface area contributed by atoms with Gasteiger partial charge in [-0.25, -0.2) is 8.42 Å². The van der Waals surface area contributed by atoms with E-state index in [0.29, 0.717) is 11.3 Å². The third-order valence-corrected chi connectivity index (χ3v) is 6.26. The van der Waals surface area contributed by atoms with Gasteiger partial charge in [-0.15, -0.1) is 0 Å². The molecule has 1 aromatic rings. The maximum atomic E-state index is 12.3. The Balaban J connectivity index is 2.87. The van der Waals surface area contributed by atoms with Gasteiger partial charge in [0.05, 0.1) is 15.9 Å². The van der Waals surface area contributed by atoms with Crippen LogP contribution in [0.5, 0.6) is 0 Å². The van der Waals surface area contributed by atoms with Crippen LogP contribution >= 0.6 is 0 Å². The van der Waals surface area contributed by atoms with E-state index in [1.807, 2.05) is 0 Å². The van der Waals surface area contributed by atoms with Gasteiger partial charge in [-0.1, -0.05) is 12.1 Å². The predicted octanol–water partition coefficient (Wildman–Crippen LogP) is 2.84. The van der Waals surface area contributed by atoms with E-state index in [0.717, 1.165) is 0 Å². The predicted molar refractivity (Wildman–Crippen MR) is 93.5 cm³/mol. The quantitative estimate of drug-likeness (QED) is 0.817. The molecule has 0 saturated heterocycles. The van der Waals surface area contributed by atoms with Gasteiger partial charge in [0, 0.05) is 12.1 Å². The summed E-state index contributed by atoms with van der Waals surface area (Å²) in [5.74, 6) is -1.61. The second-order valence-corrected chi connectivity index (χ2v) is 10.2. The van der Waals surface area contributed by atoms with Crippen LogP contribution in [0.3, 0.4) is 0 Å². The lowest BCUT2D eigenvalue weighted by atomic mass is 9.89. The van der Waals surface area contributed by atoms with Gasteiger partial charge in [0.15, 0.2) is 9.84 Å². The van der Waals surface area contributed by atoms with Gasteiger partial charge in [-0.05, 0) is 52.3 Å². The van der Waals surface area contributed by atoms with Crippen LogP contribution in [0.15, 0.2) is 24.3 Å². The highest BCUT2D eigenvalue weighted by Gasteiger charge is 2.31. The minimum Gasteiger partial charge on any atom is -0.481 e. The molecule has 24 heavy (non-hydrogen) atoms. The molecule has 0 radical (unpaired) electrons. The molecular weight excluding hydrogens is 330 g/mol. The van der Waals surface area contributed by atoms with Crippen LogP contribution in [0.4, 0.5) is 5.69 Å². The summed E-state index contributed by atoms with van der Waals surface area (Å²) in [6, 6.07) is 6.57. The molecule has 1 aromatic carbocycles. The Morgan fingerprint density at radius 1 is 1.12 bits per heavy atom. The topological polar surface area (TPSA) is 101 Å². The molecule has 0 heterocycles. The van der Waals surface area contributed by atoms with Crippen molar-refractivity contribution in [3.05, 3.63) is 29.8 Å². The molecule has 0 saturated carbocycles. The zero-order chi connectivity index (χ0) is 18.8. The summed E-state index contributed by atoms with van der Waals surface area (Å²) >= 11 is 0. The molecule has 0 aliphatic carbocycles. The Morgan fingerprint density at radius 2 is 1.71 bits per heavy atom. The lowest BCUT2D eigenvalue weighted by molar-refractivity contribution is -0.148. The maximum absolute atomic E-state index is 12.3. The first-order valence-electron chi connectivity index (χ1n) is 7.59. The van der Waals surface area contributed by atoms with Gasteiger partial charge in [0.2, 0.25) is 5.91 Å². The fourth-order valence-electron chi connectivity index (χ4n) is 1.86. The number of carboxylic acids is 1. The fraction of sp³-hybridized carbons (Fsp3) is 0.529. The highest BCUT2D eigenvalue weighted by molar-refractivity contribution is 7.91. The van der Waals surface area contributed by atoms with Crippen molar-refractivity contribution >= 4 is 27.4 Å².